The van der Waals surface area contributed by atoms with E-state index in [4.69, 9.17) is 5.73 Å². The molecular formula is C37H27F8N. The van der Waals surface area contributed by atoms with Crippen molar-refractivity contribution in [2.24, 2.45) is 0 Å². The third-order valence-electron chi connectivity index (χ3n) is 8.49. The maximum atomic E-state index is 14.5. The lowest BCUT2D eigenvalue weighted by Crippen LogP contribution is -2.21. The number of nitrogen functional groups attached to an aromatic ring is 1. The first-order valence-corrected chi connectivity index (χ1v) is 14.6. The van der Waals surface area contributed by atoms with Crippen LogP contribution in [0.25, 0.3) is 11.1 Å². The van der Waals surface area contributed by atoms with Crippen molar-refractivity contribution >= 4 is 5.69 Å². The number of rotatable bonds is 5. The molecule has 0 saturated carbocycles. The Balaban J connectivity index is 1.58. The monoisotopic (exact) mass is 637 g/mol. The number of fused-ring (bicyclic) bond motifs is 3. The maximum Gasteiger partial charge on any atom is 0.186 e. The molecule has 0 aromatic heterocycles. The minimum absolute atomic E-state index is 0.331. The molecule has 46 heavy (non-hydrogen) atoms. The topological polar surface area (TPSA) is 26.0 Å². The van der Waals surface area contributed by atoms with Gasteiger partial charge in [-0.25, -0.2) is 35.1 Å². The molecule has 0 heterocycles. The summed E-state index contributed by atoms with van der Waals surface area (Å²) in [6.07, 6.45) is 4.49. The molecule has 0 fully saturated rings. The number of hydrogen-bond acceptors (Lipinski definition) is 1. The highest BCUT2D eigenvalue weighted by Gasteiger charge is 2.39. The summed E-state index contributed by atoms with van der Waals surface area (Å²) in [5.41, 5.74) is 4.39. The van der Waals surface area contributed by atoms with Crippen LogP contribution in [0.15, 0.2) is 36.4 Å². The largest absolute Gasteiger partial charge is 0.394 e. The predicted molar refractivity (Wildman–Crippen MR) is 161 cm³/mol. The van der Waals surface area contributed by atoms with E-state index in [1.54, 1.807) is 36.4 Å². The average molecular weight is 638 g/mol. The third-order valence-corrected chi connectivity index (χ3v) is 8.49. The molecule has 0 spiro atoms. The molecule has 9 heteroatoms. The van der Waals surface area contributed by atoms with Crippen molar-refractivity contribution in [1.82, 2.24) is 0 Å². The fraction of sp³-hybridized carbons (Fsp3) is 0.243. The first-order valence-electron chi connectivity index (χ1n) is 14.6. The minimum atomic E-state index is -1.73. The second-order valence-corrected chi connectivity index (χ2v) is 11.5. The Kier molecular flexibility index (Phi) is 8.91. The van der Waals surface area contributed by atoms with E-state index in [9.17, 15) is 35.1 Å². The number of benzene rings is 4. The molecule has 236 valence electrons. The lowest BCUT2D eigenvalue weighted by molar-refractivity contribution is 0.442. The Morgan fingerprint density at radius 2 is 1.02 bits per heavy atom. The van der Waals surface area contributed by atoms with Crippen molar-refractivity contribution in [3.63, 3.8) is 0 Å². The van der Waals surface area contributed by atoms with Crippen LogP contribution in [0.3, 0.4) is 0 Å². The van der Waals surface area contributed by atoms with Gasteiger partial charge in [0.25, 0.3) is 0 Å². The summed E-state index contributed by atoms with van der Waals surface area (Å²) >= 11 is 0. The minimum Gasteiger partial charge on any atom is -0.394 e. The highest BCUT2D eigenvalue weighted by atomic mass is 19.2. The highest BCUT2D eigenvalue weighted by molar-refractivity contribution is 5.82. The summed E-state index contributed by atoms with van der Waals surface area (Å²) in [6, 6.07) is 10.3. The fourth-order valence-corrected chi connectivity index (χ4v) is 5.83. The Bertz CT molecular complexity index is 1830. The molecule has 0 saturated heterocycles. The number of anilines is 1. The summed E-state index contributed by atoms with van der Waals surface area (Å²) in [5, 5.41) is 0. The summed E-state index contributed by atoms with van der Waals surface area (Å²) in [7, 11) is 0. The van der Waals surface area contributed by atoms with Gasteiger partial charge < -0.3 is 5.73 Å². The summed E-state index contributed by atoms with van der Waals surface area (Å²) in [4.78, 5) is 0. The second-order valence-electron chi connectivity index (χ2n) is 11.5. The highest BCUT2D eigenvalue weighted by Crippen LogP contribution is 2.52. The van der Waals surface area contributed by atoms with Crippen molar-refractivity contribution in [2.45, 2.75) is 58.3 Å². The number of halogens is 8. The molecule has 0 aliphatic heterocycles. The van der Waals surface area contributed by atoms with Gasteiger partial charge in [0.2, 0.25) is 0 Å². The van der Waals surface area contributed by atoms with Gasteiger partial charge in [-0.05, 0) is 59.9 Å². The van der Waals surface area contributed by atoms with E-state index in [0.717, 1.165) is 54.9 Å². The number of nitrogens with two attached hydrogens (primary N) is 1. The van der Waals surface area contributed by atoms with Crippen LogP contribution in [0.5, 0.6) is 0 Å². The lowest BCUT2D eigenvalue weighted by Gasteiger charge is -2.28. The van der Waals surface area contributed by atoms with E-state index in [2.05, 4.69) is 30.6 Å². The van der Waals surface area contributed by atoms with Gasteiger partial charge in [-0.2, -0.15) is 0 Å². The maximum absolute atomic E-state index is 14.5. The van der Waals surface area contributed by atoms with E-state index in [1.807, 2.05) is 6.92 Å². The molecule has 1 atom stereocenters. The summed E-state index contributed by atoms with van der Waals surface area (Å²) in [6.45, 7) is 5.02. The van der Waals surface area contributed by atoms with E-state index < -0.39 is 74.3 Å². The van der Waals surface area contributed by atoms with Gasteiger partial charge in [0, 0.05) is 22.1 Å². The molecule has 0 bridgehead atoms. The van der Waals surface area contributed by atoms with E-state index >= 15 is 0 Å². The van der Waals surface area contributed by atoms with Crippen LogP contribution in [0, 0.1) is 77.1 Å². The molecule has 4 aromatic rings. The number of unbranched alkanes of at least 4 members (excludes halogenated alkanes) is 3. The predicted octanol–water partition coefficient (Wildman–Crippen LogP) is 9.75. The Hall–Kier alpha value is -4.76. The van der Waals surface area contributed by atoms with Crippen LogP contribution in [-0.2, 0) is 5.41 Å². The van der Waals surface area contributed by atoms with Crippen LogP contribution in [0.1, 0.15) is 84.9 Å². The molecule has 1 nitrogen and oxygen atoms in total. The van der Waals surface area contributed by atoms with Crippen molar-refractivity contribution < 1.29 is 35.1 Å². The normalized spacial score (nSPS) is 14.7. The van der Waals surface area contributed by atoms with E-state index in [0.29, 0.717) is 17.5 Å². The van der Waals surface area contributed by atoms with Gasteiger partial charge in [0.15, 0.2) is 46.5 Å². The quantitative estimate of drug-likeness (QED) is 0.0762. The van der Waals surface area contributed by atoms with Gasteiger partial charge in [-0.3, -0.25) is 0 Å². The van der Waals surface area contributed by atoms with E-state index in [-0.39, 0.29) is 0 Å². The fourth-order valence-electron chi connectivity index (χ4n) is 5.83. The van der Waals surface area contributed by atoms with Crippen LogP contribution < -0.4 is 5.73 Å². The second kappa shape index (κ2) is 12.6. The third kappa shape index (κ3) is 5.49. The van der Waals surface area contributed by atoms with Gasteiger partial charge in [-0.1, -0.05) is 75.3 Å². The first kappa shape index (κ1) is 32.6. The summed E-state index contributed by atoms with van der Waals surface area (Å²) < 4.78 is 114. The van der Waals surface area contributed by atoms with Crippen LogP contribution in [0.2, 0.25) is 0 Å². The average Bonchev–Trinajstić information content (AvgIpc) is 3.29. The molecule has 1 unspecified atom stereocenters. The van der Waals surface area contributed by atoms with Gasteiger partial charge >= 0.3 is 0 Å². The lowest BCUT2D eigenvalue weighted by atomic mass is 9.75. The molecule has 4 aromatic carbocycles. The molecule has 5 rings (SSSR count). The smallest absolute Gasteiger partial charge is 0.186 e. The molecule has 0 amide bonds. The molecular weight excluding hydrogens is 610 g/mol. The standard InChI is InChI=1S/C37H27F8N/c1-4-5-6-7-16-37(3)26-17-20(10-14-24-30(40)28(38)19(2)29(39)31(24)41)8-12-22(26)23-13-9-21(18-27(23)37)11-15-25-32(42)34(44)36(46)35(45)33(25)43/h8-9,12-13,17-18H,4-7,16,46H2,1-3H3. The van der Waals surface area contributed by atoms with Gasteiger partial charge in [-0.15, -0.1) is 0 Å². The Morgan fingerprint density at radius 1 is 0.587 bits per heavy atom. The van der Waals surface area contributed by atoms with Crippen molar-refractivity contribution in [2.75, 3.05) is 5.73 Å². The first-order chi connectivity index (χ1) is 21.8. The Labute approximate surface area is 261 Å². The molecule has 1 aliphatic rings. The van der Waals surface area contributed by atoms with Crippen molar-refractivity contribution in [1.29, 1.82) is 0 Å². The summed E-state index contributed by atoms with van der Waals surface area (Å²) in [5.74, 6) is -3.32. The zero-order valence-electron chi connectivity index (χ0n) is 25.1. The van der Waals surface area contributed by atoms with Crippen molar-refractivity contribution in [3.05, 3.63) is 122 Å². The molecule has 1 aliphatic carbocycles. The number of hydrogen-bond donors (Lipinski definition) is 1. The van der Waals surface area contributed by atoms with Crippen LogP contribution in [-0.4, -0.2) is 0 Å². The van der Waals surface area contributed by atoms with Gasteiger partial charge in [0.05, 0.1) is 0 Å². The zero-order chi connectivity index (χ0) is 33.5. The molecule has 0 radical (unpaired) electrons. The zero-order valence-corrected chi connectivity index (χ0v) is 25.1. The SMILES string of the molecule is CCCCCCC1(C)c2cc(C#Cc3c(F)c(F)c(C)c(F)c3F)ccc2-c2ccc(C#Cc3c(F)c(F)c(N)c(F)c3F)cc21. The Morgan fingerprint density at radius 3 is 1.46 bits per heavy atom. The van der Waals surface area contributed by atoms with Crippen molar-refractivity contribution in [3.8, 4) is 34.8 Å². The van der Waals surface area contributed by atoms with Crippen LogP contribution in [0.4, 0.5) is 40.8 Å². The molecule has 2 N–H and O–H groups in total. The van der Waals surface area contributed by atoms with Gasteiger partial charge in [0.1, 0.15) is 16.8 Å². The van der Waals surface area contributed by atoms with E-state index in [1.165, 1.54) is 0 Å². The van der Waals surface area contributed by atoms with Crippen LogP contribution >= 0.6 is 0 Å².